The molecule has 1 aliphatic heterocycles. The number of halogens is 2. The summed E-state index contributed by atoms with van der Waals surface area (Å²) in [5, 5.41) is 4.23. The van der Waals surface area contributed by atoms with Crippen molar-refractivity contribution in [2.45, 2.75) is 38.1 Å². The molecule has 154 valence electrons. The highest BCUT2D eigenvalue weighted by Gasteiger charge is 2.28. The number of nitrogens with one attached hydrogen (secondary N) is 1. The lowest BCUT2D eigenvalue weighted by atomic mass is 9.84. The Kier molecular flexibility index (Phi) is 7.64. The van der Waals surface area contributed by atoms with Crippen molar-refractivity contribution < 1.29 is 4.79 Å². The SMILES string of the molecule is CN(C)C(=O)NC1CCC(CCN2CCN(C3=C(Cl)C(Cl)=[C+]C=C3)CC2)CC1. The van der Waals surface area contributed by atoms with Crippen molar-refractivity contribution >= 4 is 29.2 Å². The molecule has 7 heteroatoms. The Hall–Kier alpha value is -1.26. The molecule has 0 unspecified atom stereocenters. The lowest BCUT2D eigenvalue weighted by molar-refractivity contribution is 0.146. The molecule has 0 aromatic heterocycles. The second kappa shape index (κ2) is 9.98. The molecule has 3 aliphatic rings. The number of piperazine rings is 1. The lowest BCUT2D eigenvalue weighted by Crippen LogP contribution is -2.46. The maximum Gasteiger partial charge on any atom is 0.317 e. The second-order valence-corrected chi connectivity index (χ2v) is 8.93. The van der Waals surface area contributed by atoms with E-state index in [2.05, 4.69) is 21.2 Å². The van der Waals surface area contributed by atoms with Crippen molar-refractivity contribution in [3.63, 3.8) is 0 Å². The van der Waals surface area contributed by atoms with Gasteiger partial charge in [0.15, 0.2) is 10.7 Å². The average molecular weight is 426 g/mol. The summed E-state index contributed by atoms with van der Waals surface area (Å²) < 4.78 is 0. The van der Waals surface area contributed by atoms with Crippen molar-refractivity contribution in [1.29, 1.82) is 0 Å². The summed E-state index contributed by atoms with van der Waals surface area (Å²) in [6.45, 7) is 5.22. The number of carbonyl (C=O) groups excluding carboxylic acids is 1. The average Bonchev–Trinajstić information content (AvgIpc) is 2.70. The standard InChI is InChI=1S/C21H30Cl2N4O/c1-25(2)21(28)24-17-8-6-16(7-9-17)10-11-26-12-14-27(15-13-26)19-5-3-4-18(22)20(19)23/h3,5,16-17H,6-15H2,1-2H3/p+1. The van der Waals surface area contributed by atoms with E-state index in [9.17, 15) is 4.79 Å². The van der Waals surface area contributed by atoms with Gasteiger partial charge in [-0.25, -0.2) is 4.79 Å². The largest absolute Gasteiger partial charge is 0.346 e. The van der Waals surface area contributed by atoms with E-state index in [0.29, 0.717) is 16.1 Å². The zero-order chi connectivity index (χ0) is 20.1. The van der Waals surface area contributed by atoms with Crippen LogP contribution < -0.4 is 5.32 Å². The molecular weight excluding hydrogens is 395 g/mol. The second-order valence-electron chi connectivity index (χ2n) is 8.17. The van der Waals surface area contributed by atoms with Crippen molar-refractivity contribution in [3.8, 4) is 0 Å². The molecule has 2 amide bonds. The van der Waals surface area contributed by atoms with E-state index >= 15 is 0 Å². The van der Waals surface area contributed by atoms with Crippen LogP contribution >= 0.6 is 23.2 Å². The third kappa shape index (κ3) is 5.64. The van der Waals surface area contributed by atoms with Gasteiger partial charge in [-0.2, -0.15) is 0 Å². The molecule has 0 atom stereocenters. The van der Waals surface area contributed by atoms with Crippen LogP contribution in [-0.2, 0) is 0 Å². The Morgan fingerprint density at radius 2 is 1.86 bits per heavy atom. The molecule has 1 saturated carbocycles. The summed E-state index contributed by atoms with van der Waals surface area (Å²) in [4.78, 5) is 18.3. The van der Waals surface area contributed by atoms with Gasteiger partial charge >= 0.3 is 6.03 Å². The van der Waals surface area contributed by atoms with Gasteiger partial charge in [0.25, 0.3) is 0 Å². The van der Waals surface area contributed by atoms with Crippen LogP contribution in [0.25, 0.3) is 0 Å². The first-order valence-electron chi connectivity index (χ1n) is 10.2. The summed E-state index contributed by atoms with van der Waals surface area (Å²) in [6, 6.07) is 0.369. The fourth-order valence-electron chi connectivity index (χ4n) is 4.16. The molecule has 3 rings (SSSR count). The number of hydrogen-bond acceptors (Lipinski definition) is 3. The molecule has 1 heterocycles. The topological polar surface area (TPSA) is 38.8 Å². The Bertz CT molecular complexity index is 643. The third-order valence-corrected chi connectivity index (χ3v) is 6.79. The van der Waals surface area contributed by atoms with Gasteiger partial charge in [-0.3, -0.25) is 4.90 Å². The molecule has 5 nitrogen and oxygen atoms in total. The van der Waals surface area contributed by atoms with Gasteiger partial charge in [0.05, 0.1) is 12.2 Å². The number of urea groups is 1. The van der Waals surface area contributed by atoms with E-state index in [1.807, 2.05) is 12.2 Å². The molecule has 0 aromatic rings. The number of carbonyl (C=O) groups is 1. The highest BCUT2D eigenvalue weighted by atomic mass is 35.5. The summed E-state index contributed by atoms with van der Waals surface area (Å²) in [7, 11) is 3.58. The number of amides is 2. The van der Waals surface area contributed by atoms with E-state index in [4.69, 9.17) is 23.2 Å². The monoisotopic (exact) mass is 425 g/mol. The van der Waals surface area contributed by atoms with Gasteiger partial charge in [-0.05, 0) is 56.2 Å². The van der Waals surface area contributed by atoms with Crippen molar-refractivity contribution in [2.75, 3.05) is 46.8 Å². The number of allylic oxidation sites excluding steroid dienone is 5. The van der Waals surface area contributed by atoms with Crippen molar-refractivity contribution in [3.05, 3.63) is 34.0 Å². The van der Waals surface area contributed by atoms with E-state index in [1.165, 1.54) is 19.3 Å². The molecule has 2 fully saturated rings. The van der Waals surface area contributed by atoms with E-state index < -0.39 is 0 Å². The Morgan fingerprint density at radius 1 is 1.18 bits per heavy atom. The summed E-state index contributed by atoms with van der Waals surface area (Å²) in [6.07, 6.45) is 12.7. The van der Waals surface area contributed by atoms with Gasteiger partial charge in [0.1, 0.15) is 6.08 Å². The first-order valence-corrected chi connectivity index (χ1v) is 11.0. The molecule has 2 aliphatic carbocycles. The maximum atomic E-state index is 11.8. The molecule has 0 aromatic carbocycles. The third-order valence-electron chi connectivity index (χ3n) is 6.02. The van der Waals surface area contributed by atoms with E-state index in [0.717, 1.165) is 57.2 Å². The van der Waals surface area contributed by atoms with E-state index in [-0.39, 0.29) is 6.03 Å². The predicted molar refractivity (Wildman–Crippen MR) is 115 cm³/mol. The lowest BCUT2D eigenvalue weighted by Gasteiger charge is -2.36. The van der Waals surface area contributed by atoms with Crippen LogP contribution in [0.2, 0.25) is 0 Å². The zero-order valence-electron chi connectivity index (χ0n) is 16.9. The van der Waals surface area contributed by atoms with Crippen LogP contribution in [0.1, 0.15) is 32.1 Å². The summed E-state index contributed by atoms with van der Waals surface area (Å²) in [5.74, 6) is 0.781. The molecule has 1 N–H and O–H groups in total. The van der Waals surface area contributed by atoms with Gasteiger partial charge < -0.3 is 15.1 Å². The zero-order valence-corrected chi connectivity index (χ0v) is 18.4. The highest BCUT2D eigenvalue weighted by Crippen LogP contribution is 2.30. The van der Waals surface area contributed by atoms with Crippen molar-refractivity contribution in [1.82, 2.24) is 20.0 Å². The van der Waals surface area contributed by atoms with Gasteiger partial charge in [0, 0.05) is 57.9 Å². The van der Waals surface area contributed by atoms with Crippen LogP contribution in [0.3, 0.4) is 0 Å². The van der Waals surface area contributed by atoms with Crippen LogP contribution in [0.15, 0.2) is 27.9 Å². The van der Waals surface area contributed by atoms with Gasteiger partial charge in [-0.1, -0.05) is 0 Å². The Morgan fingerprint density at radius 3 is 2.50 bits per heavy atom. The van der Waals surface area contributed by atoms with Crippen LogP contribution in [-0.4, -0.2) is 73.6 Å². The fraction of sp³-hybridized carbons (Fsp3) is 0.667. The number of rotatable bonds is 5. The first-order chi connectivity index (χ1) is 13.4. The van der Waals surface area contributed by atoms with Crippen molar-refractivity contribution in [2.24, 2.45) is 5.92 Å². The first kappa shape index (κ1) is 21.4. The number of hydrogen-bond donors (Lipinski definition) is 1. The maximum absolute atomic E-state index is 11.8. The molecule has 28 heavy (non-hydrogen) atoms. The number of nitrogens with zero attached hydrogens (tertiary/aromatic N) is 3. The van der Waals surface area contributed by atoms with Gasteiger partial charge in [-0.15, -0.1) is 0 Å². The summed E-state index contributed by atoms with van der Waals surface area (Å²) >= 11 is 12.4. The Labute approximate surface area is 179 Å². The molecule has 0 bridgehead atoms. The minimum atomic E-state index is 0.0269. The molecule has 1 saturated heterocycles. The van der Waals surface area contributed by atoms with Crippen LogP contribution in [0.4, 0.5) is 4.79 Å². The van der Waals surface area contributed by atoms with E-state index in [1.54, 1.807) is 19.0 Å². The van der Waals surface area contributed by atoms with Gasteiger partial charge in [0.2, 0.25) is 5.03 Å². The van der Waals surface area contributed by atoms with Crippen LogP contribution in [0, 0.1) is 12.0 Å². The fourth-order valence-corrected chi connectivity index (χ4v) is 4.56. The normalized spacial score (nSPS) is 26.0. The van der Waals surface area contributed by atoms with Crippen LogP contribution in [0.5, 0.6) is 0 Å². The highest BCUT2D eigenvalue weighted by molar-refractivity contribution is 6.44. The minimum Gasteiger partial charge on any atom is -0.346 e. The summed E-state index contributed by atoms with van der Waals surface area (Å²) in [5.41, 5.74) is 1.02. The smallest absolute Gasteiger partial charge is 0.317 e. The molecule has 0 spiro atoms. The quantitative estimate of drug-likeness (QED) is 0.681. The molecule has 0 radical (unpaired) electrons. The molecular formula is C21H31Cl2N4O+. The minimum absolute atomic E-state index is 0.0269. The predicted octanol–water partition coefficient (Wildman–Crippen LogP) is 3.77. The Balaban J connectivity index is 1.35.